The summed E-state index contributed by atoms with van der Waals surface area (Å²) in [5.74, 6) is 0.176. The lowest BCUT2D eigenvalue weighted by atomic mass is 9.73. The Balaban J connectivity index is 2.26. The molecule has 0 spiro atoms. The Labute approximate surface area is 95.5 Å². The number of carbonyl (C=O) groups excluding carboxylic acids is 1. The van der Waals surface area contributed by atoms with Crippen molar-refractivity contribution in [2.24, 2.45) is 11.8 Å². The minimum absolute atomic E-state index is 0.0308. The fourth-order valence-electron chi connectivity index (χ4n) is 2.49. The van der Waals surface area contributed by atoms with Gasteiger partial charge in [-0.25, -0.2) is 0 Å². The Morgan fingerprint density at radius 3 is 2.36 bits per heavy atom. The number of alkyl halides is 2. The third kappa shape index (κ3) is 1.24. The molecule has 3 atom stereocenters. The van der Waals surface area contributed by atoms with E-state index in [-0.39, 0.29) is 17.6 Å². The molecule has 0 radical (unpaired) electrons. The molecule has 2 rings (SSSR count). The number of Topliss-reactive ketones (excluding diaryl/α,β-unsaturated/α-hetero) is 1. The first-order valence-electron chi connectivity index (χ1n) is 4.86. The highest BCUT2D eigenvalue weighted by Crippen LogP contribution is 2.59. The number of hydrogen-bond donors (Lipinski definition) is 0. The molecule has 0 saturated heterocycles. The van der Waals surface area contributed by atoms with Crippen molar-refractivity contribution in [1.82, 2.24) is 0 Å². The third-order valence-electron chi connectivity index (χ3n) is 3.35. The Hall–Kier alpha value is 0.207. The van der Waals surface area contributed by atoms with Crippen LogP contribution in [0.1, 0.15) is 0 Å². The van der Waals surface area contributed by atoms with Gasteiger partial charge in [0, 0.05) is 11.8 Å². The van der Waals surface area contributed by atoms with Crippen LogP contribution in [0.5, 0.6) is 0 Å². The molecule has 2 aliphatic rings. The van der Waals surface area contributed by atoms with Crippen molar-refractivity contribution in [3.8, 4) is 0 Å². The van der Waals surface area contributed by atoms with E-state index in [0.717, 1.165) is 0 Å². The summed E-state index contributed by atoms with van der Waals surface area (Å²) in [6, 6.07) is 0. The van der Waals surface area contributed by atoms with Gasteiger partial charge in [-0.15, -0.1) is 0 Å². The second-order valence-electron chi connectivity index (χ2n) is 5.32. The zero-order chi connectivity index (χ0) is 10.7. The van der Waals surface area contributed by atoms with Gasteiger partial charge in [-0.2, -0.15) is 0 Å². The average Bonchev–Trinajstić information content (AvgIpc) is 2.43. The molecule has 4 heteroatoms. The number of halogens is 2. The van der Waals surface area contributed by atoms with Crippen LogP contribution in [0.4, 0.5) is 0 Å². The molecular weight excluding hydrogens is 235 g/mol. The van der Waals surface area contributed by atoms with Crippen molar-refractivity contribution in [1.29, 1.82) is 0 Å². The van der Waals surface area contributed by atoms with Gasteiger partial charge >= 0.3 is 0 Å². The summed E-state index contributed by atoms with van der Waals surface area (Å²) < 4.78 is -1.13. The van der Waals surface area contributed by atoms with Crippen molar-refractivity contribution >= 4 is 37.1 Å². The van der Waals surface area contributed by atoms with Crippen LogP contribution < -0.4 is 0 Å². The SMILES string of the molecule is C[Si](C)(C)C1C=CC2C1C(=O)C2(Cl)Cl. The maximum atomic E-state index is 11.7. The first-order valence-corrected chi connectivity index (χ1v) is 9.20. The summed E-state index contributed by atoms with van der Waals surface area (Å²) in [6.45, 7) is 6.83. The fourth-order valence-corrected chi connectivity index (χ4v) is 5.29. The smallest absolute Gasteiger partial charge is 0.183 e. The van der Waals surface area contributed by atoms with Crippen LogP contribution in [0.25, 0.3) is 0 Å². The highest BCUT2D eigenvalue weighted by Gasteiger charge is 2.64. The van der Waals surface area contributed by atoms with E-state index in [1.54, 1.807) is 0 Å². The maximum Gasteiger partial charge on any atom is 0.183 e. The van der Waals surface area contributed by atoms with Gasteiger partial charge in [0.2, 0.25) is 0 Å². The quantitative estimate of drug-likeness (QED) is 0.396. The summed E-state index contributed by atoms with van der Waals surface area (Å²) in [5, 5.41) is 0. The molecule has 0 aliphatic heterocycles. The lowest BCUT2D eigenvalue weighted by Gasteiger charge is -2.46. The molecule has 1 nitrogen and oxygen atoms in total. The lowest BCUT2D eigenvalue weighted by molar-refractivity contribution is -0.132. The van der Waals surface area contributed by atoms with Crippen LogP contribution in [0.15, 0.2) is 12.2 Å². The summed E-state index contributed by atoms with van der Waals surface area (Å²) in [4.78, 5) is 11.7. The summed E-state index contributed by atoms with van der Waals surface area (Å²) in [5.41, 5.74) is 0.422. The molecule has 3 unspecified atom stereocenters. The monoisotopic (exact) mass is 248 g/mol. The van der Waals surface area contributed by atoms with E-state index in [4.69, 9.17) is 23.2 Å². The van der Waals surface area contributed by atoms with E-state index in [1.165, 1.54) is 0 Å². The van der Waals surface area contributed by atoms with Crippen molar-refractivity contribution in [3.05, 3.63) is 12.2 Å². The maximum absolute atomic E-state index is 11.7. The lowest BCUT2D eigenvalue weighted by Crippen LogP contribution is -2.57. The van der Waals surface area contributed by atoms with Crippen LogP contribution in [-0.4, -0.2) is 18.2 Å². The predicted octanol–water partition coefficient (Wildman–Crippen LogP) is 3.25. The van der Waals surface area contributed by atoms with Crippen LogP contribution >= 0.6 is 23.2 Å². The van der Waals surface area contributed by atoms with Gasteiger partial charge in [-0.1, -0.05) is 55.0 Å². The predicted molar refractivity (Wildman–Crippen MR) is 62.7 cm³/mol. The first kappa shape index (κ1) is 10.7. The van der Waals surface area contributed by atoms with Crippen LogP contribution in [0, 0.1) is 11.8 Å². The van der Waals surface area contributed by atoms with Crippen molar-refractivity contribution in [2.75, 3.05) is 0 Å². The van der Waals surface area contributed by atoms with Crippen molar-refractivity contribution in [2.45, 2.75) is 29.5 Å². The molecule has 0 N–H and O–H groups in total. The Morgan fingerprint density at radius 1 is 1.29 bits per heavy atom. The van der Waals surface area contributed by atoms with Crippen LogP contribution in [0.2, 0.25) is 25.2 Å². The minimum Gasteiger partial charge on any atom is -0.296 e. The van der Waals surface area contributed by atoms with Gasteiger partial charge in [-0.3, -0.25) is 4.79 Å². The molecular formula is C10H14Cl2OSi. The topological polar surface area (TPSA) is 17.1 Å². The molecule has 2 aliphatic carbocycles. The molecule has 0 aromatic rings. The molecule has 0 heterocycles. The highest BCUT2D eigenvalue weighted by atomic mass is 35.5. The summed E-state index contributed by atoms with van der Waals surface area (Å²) in [7, 11) is -1.31. The molecule has 0 amide bonds. The second-order valence-corrected chi connectivity index (χ2v) is 12.1. The van der Waals surface area contributed by atoms with Crippen molar-refractivity contribution in [3.63, 3.8) is 0 Å². The Morgan fingerprint density at radius 2 is 1.86 bits per heavy atom. The summed E-state index contributed by atoms with van der Waals surface area (Å²) in [6.07, 6.45) is 4.20. The normalized spacial score (nSPS) is 39.5. The minimum atomic E-state index is -1.31. The number of fused-ring (bicyclic) bond motifs is 1. The number of ketones is 1. The van der Waals surface area contributed by atoms with Gasteiger partial charge in [0.1, 0.15) is 0 Å². The zero-order valence-corrected chi connectivity index (χ0v) is 11.1. The number of allylic oxidation sites excluding steroid dienone is 2. The van der Waals surface area contributed by atoms with Gasteiger partial charge < -0.3 is 0 Å². The highest BCUT2D eigenvalue weighted by molar-refractivity contribution is 6.79. The van der Waals surface area contributed by atoms with E-state index >= 15 is 0 Å². The molecule has 0 bridgehead atoms. The molecule has 78 valence electrons. The number of carbonyl (C=O) groups is 1. The fraction of sp³-hybridized carbons (Fsp3) is 0.700. The standard InChI is InChI=1S/C10H14Cl2OSi/c1-14(2,3)7-5-4-6-8(7)9(13)10(6,11)12/h4-8H,1-3H3. The second kappa shape index (κ2) is 2.87. The van der Waals surface area contributed by atoms with Gasteiger partial charge in [-0.05, 0) is 5.54 Å². The van der Waals surface area contributed by atoms with Gasteiger partial charge in [0.15, 0.2) is 10.1 Å². The number of hydrogen-bond acceptors (Lipinski definition) is 1. The van der Waals surface area contributed by atoms with Crippen LogP contribution in [0.3, 0.4) is 0 Å². The molecule has 1 fully saturated rings. The van der Waals surface area contributed by atoms with E-state index in [2.05, 4.69) is 25.7 Å². The Bertz CT molecular complexity index is 317. The number of rotatable bonds is 1. The van der Waals surface area contributed by atoms with Gasteiger partial charge in [0.25, 0.3) is 0 Å². The Kier molecular flexibility index (Phi) is 2.19. The average molecular weight is 249 g/mol. The van der Waals surface area contributed by atoms with Crippen LogP contribution in [-0.2, 0) is 4.79 Å². The molecule has 0 aromatic heterocycles. The van der Waals surface area contributed by atoms with E-state index in [0.29, 0.717) is 5.54 Å². The molecule has 14 heavy (non-hydrogen) atoms. The first-order chi connectivity index (χ1) is 6.26. The third-order valence-corrected chi connectivity index (χ3v) is 6.78. The summed E-state index contributed by atoms with van der Waals surface area (Å²) >= 11 is 11.9. The largest absolute Gasteiger partial charge is 0.296 e. The molecule has 0 aromatic carbocycles. The van der Waals surface area contributed by atoms with Crippen molar-refractivity contribution < 1.29 is 4.79 Å². The van der Waals surface area contributed by atoms with E-state index in [9.17, 15) is 4.79 Å². The van der Waals surface area contributed by atoms with E-state index < -0.39 is 12.4 Å². The molecule has 1 saturated carbocycles. The van der Waals surface area contributed by atoms with E-state index in [1.807, 2.05) is 6.08 Å². The van der Waals surface area contributed by atoms with Gasteiger partial charge in [0.05, 0.1) is 8.07 Å². The zero-order valence-electron chi connectivity index (χ0n) is 8.55.